The number of aromatic nitrogens is 3. The Morgan fingerprint density at radius 2 is 1.76 bits per heavy atom. The van der Waals surface area contributed by atoms with Gasteiger partial charge in [0.05, 0.1) is 22.9 Å². The quantitative estimate of drug-likeness (QED) is 0.156. The molecule has 2 aromatic heterocycles. The topological polar surface area (TPSA) is 138 Å². The highest BCUT2D eigenvalue weighted by Gasteiger charge is 2.17. The summed E-state index contributed by atoms with van der Waals surface area (Å²) in [7, 11) is -3.86. The zero-order chi connectivity index (χ0) is 29.2. The normalized spacial score (nSPS) is 12.3. The van der Waals surface area contributed by atoms with Gasteiger partial charge in [0.15, 0.2) is 0 Å². The molecule has 2 aromatic carbocycles. The van der Waals surface area contributed by atoms with Gasteiger partial charge in [0.25, 0.3) is 10.0 Å². The molecule has 0 amide bonds. The van der Waals surface area contributed by atoms with Crippen LogP contribution in [0.3, 0.4) is 0 Å². The van der Waals surface area contributed by atoms with Crippen molar-refractivity contribution in [2.75, 3.05) is 17.8 Å². The Hall–Kier alpha value is -3.93. The summed E-state index contributed by atoms with van der Waals surface area (Å²) < 4.78 is 31.1. The molecule has 4 rings (SSSR count). The predicted octanol–water partition coefficient (Wildman–Crippen LogP) is 3.99. The fraction of sp³-hybridized carbons (Fsp3) is 0.333. The van der Waals surface area contributed by atoms with Crippen molar-refractivity contribution in [1.29, 1.82) is 0 Å². The van der Waals surface area contributed by atoms with Gasteiger partial charge in [-0.25, -0.2) is 17.8 Å². The number of nitrogens with zero attached hydrogens (tertiary/aromatic N) is 3. The lowest BCUT2D eigenvalue weighted by Crippen LogP contribution is -2.23. The smallest absolute Gasteiger partial charge is 0.335 e. The molecule has 0 aliphatic rings. The van der Waals surface area contributed by atoms with Crippen LogP contribution in [0.25, 0.3) is 5.69 Å². The molecule has 218 valence electrons. The number of imidazole rings is 1. The lowest BCUT2D eigenvalue weighted by Gasteiger charge is -2.12. The number of hydrogen-bond acceptors (Lipinski definition) is 7. The van der Waals surface area contributed by atoms with E-state index in [1.807, 2.05) is 18.2 Å². The first-order valence-electron chi connectivity index (χ1n) is 13.8. The van der Waals surface area contributed by atoms with Gasteiger partial charge in [-0.05, 0) is 67.4 Å². The summed E-state index contributed by atoms with van der Waals surface area (Å²) >= 11 is 0. The van der Waals surface area contributed by atoms with Gasteiger partial charge in [0.1, 0.15) is 0 Å². The van der Waals surface area contributed by atoms with Gasteiger partial charge in [0, 0.05) is 36.7 Å². The lowest BCUT2D eigenvalue weighted by molar-refractivity contribution is 0.174. The van der Waals surface area contributed by atoms with Crippen LogP contribution in [-0.2, 0) is 23.0 Å². The van der Waals surface area contributed by atoms with Crippen molar-refractivity contribution in [1.82, 2.24) is 19.4 Å². The molecular formula is C30H37N5O5S. The van der Waals surface area contributed by atoms with Crippen molar-refractivity contribution in [3.63, 3.8) is 0 Å². The summed E-state index contributed by atoms with van der Waals surface area (Å²) in [6, 6.07) is 16.5. The third-order valence-electron chi connectivity index (χ3n) is 6.80. The van der Waals surface area contributed by atoms with Crippen molar-refractivity contribution < 1.29 is 18.6 Å². The van der Waals surface area contributed by atoms with E-state index in [4.69, 9.17) is 0 Å². The fourth-order valence-electron chi connectivity index (χ4n) is 4.48. The van der Waals surface area contributed by atoms with Crippen LogP contribution < -0.4 is 15.7 Å². The number of hydrogen-bond donors (Lipinski definition) is 4. The number of pyridine rings is 1. The van der Waals surface area contributed by atoms with Crippen LogP contribution in [0.1, 0.15) is 49.8 Å². The maximum atomic E-state index is 13.0. The van der Waals surface area contributed by atoms with Crippen LogP contribution in [0.2, 0.25) is 0 Å². The number of anilines is 1. The molecule has 0 fully saturated rings. The Morgan fingerprint density at radius 1 is 1.00 bits per heavy atom. The number of aryl methyl sites for hydroxylation is 1. The molecule has 0 spiro atoms. The molecule has 1 atom stereocenters. The largest absolute Gasteiger partial charge is 0.493 e. The van der Waals surface area contributed by atoms with Gasteiger partial charge in [-0.1, -0.05) is 44.4 Å². The Kier molecular flexibility index (Phi) is 10.3. The first-order valence-corrected chi connectivity index (χ1v) is 15.3. The molecule has 0 saturated heterocycles. The number of aliphatic hydroxyl groups excluding tert-OH is 1. The van der Waals surface area contributed by atoms with Gasteiger partial charge in [-0.15, -0.1) is 0 Å². The number of nitrogens with one attached hydrogen (secondary N) is 2. The van der Waals surface area contributed by atoms with Gasteiger partial charge >= 0.3 is 5.69 Å². The summed E-state index contributed by atoms with van der Waals surface area (Å²) in [5.41, 5.74) is 2.21. The van der Waals surface area contributed by atoms with E-state index >= 15 is 0 Å². The monoisotopic (exact) mass is 579 g/mol. The Labute approximate surface area is 240 Å². The van der Waals surface area contributed by atoms with Crippen molar-refractivity contribution in [3.8, 4) is 11.6 Å². The van der Waals surface area contributed by atoms with E-state index in [1.165, 1.54) is 35.0 Å². The second-order valence-corrected chi connectivity index (χ2v) is 11.6. The Morgan fingerprint density at radius 3 is 2.44 bits per heavy atom. The summed E-state index contributed by atoms with van der Waals surface area (Å²) in [6.07, 6.45) is 8.81. The van der Waals surface area contributed by atoms with Crippen LogP contribution in [0.5, 0.6) is 5.88 Å². The molecule has 0 unspecified atom stereocenters. The fourth-order valence-corrected chi connectivity index (χ4v) is 5.54. The van der Waals surface area contributed by atoms with E-state index < -0.39 is 16.1 Å². The lowest BCUT2D eigenvalue weighted by atomic mass is 10.1. The van der Waals surface area contributed by atoms with Gasteiger partial charge in [-0.2, -0.15) is 0 Å². The first kappa shape index (κ1) is 30.0. The van der Waals surface area contributed by atoms with E-state index in [9.17, 15) is 23.4 Å². The maximum Gasteiger partial charge on any atom is 0.335 e. The number of aliphatic hydroxyl groups is 1. The third-order valence-corrected chi connectivity index (χ3v) is 8.20. The predicted molar refractivity (Wildman–Crippen MR) is 159 cm³/mol. The highest BCUT2D eigenvalue weighted by molar-refractivity contribution is 7.92. The zero-order valence-electron chi connectivity index (χ0n) is 23.1. The SMILES string of the molecule is CCCCCCn1cc(O)n(-c2ccc(S(=O)(=O)Nc3ccc(CCNC[C@H](O)c4cccnc4)cc3)cc2)c1=O. The van der Waals surface area contributed by atoms with Crippen molar-refractivity contribution >= 4 is 15.7 Å². The summed E-state index contributed by atoms with van der Waals surface area (Å²) in [4.78, 5) is 16.8. The summed E-state index contributed by atoms with van der Waals surface area (Å²) in [5, 5.41) is 23.8. The van der Waals surface area contributed by atoms with Crippen LogP contribution >= 0.6 is 0 Å². The number of rotatable bonds is 15. The number of benzene rings is 2. The van der Waals surface area contributed by atoms with Gasteiger partial charge in [-0.3, -0.25) is 14.3 Å². The molecule has 10 nitrogen and oxygen atoms in total. The standard InChI is InChI=1S/C30H37N5O5S/c1-2-3-4-5-19-34-22-29(37)35(30(34)38)26-12-14-27(15-13-26)41(39,40)33-25-10-8-23(9-11-25)16-18-32-21-28(36)24-7-6-17-31-20-24/h6-15,17,20,22,28,32-33,36-37H,2-5,16,18-19,21H2,1H3/t28-/m0/s1. The van der Waals surface area contributed by atoms with E-state index in [1.54, 1.807) is 30.6 Å². The van der Waals surface area contributed by atoms with E-state index in [2.05, 4.69) is 21.9 Å². The maximum absolute atomic E-state index is 13.0. The Bertz CT molecular complexity index is 1550. The van der Waals surface area contributed by atoms with Crippen molar-refractivity contribution in [2.45, 2.75) is 56.6 Å². The van der Waals surface area contributed by atoms with Crippen molar-refractivity contribution in [2.24, 2.45) is 0 Å². The molecule has 2 heterocycles. The molecule has 0 saturated carbocycles. The van der Waals surface area contributed by atoms with Crippen LogP contribution in [0.4, 0.5) is 5.69 Å². The van der Waals surface area contributed by atoms with E-state index in [0.29, 0.717) is 37.4 Å². The highest BCUT2D eigenvalue weighted by Crippen LogP contribution is 2.21. The first-order chi connectivity index (χ1) is 19.8. The Balaban J connectivity index is 1.31. The number of sulfonamides is 1. The molecule has 4 aromatic rings. The third kappa shape index (κ3) is 8.06. The molecule has 4 N–H and O–H groups in total. The number of aromatic hydroxyl groups is 1. The molecule has 0 aliphatic carbocycles. The van der Waals surface area contributed by atoms with E-state index in [-0.39, 0.29) is 16.5 Å². The number of unbranched alkanes of at least 4 members (excludes halogenated alkanes) is 3. The second kappa shape index (κ2) is 14.1. The van der Waals surface area contributed by atoms with E-state index in [0.717, 1.165) is 41.4 Å². The minimum atomic E-state index is -3.86. The average molecular weight is 580 g/mol. The summed E-state index contributed by atoms with van der Waals surface area (Å²) in [5.74, 6) is -0.195. The molecule has 41 heavy (non-hydrogen) atoms. The zero-order valence-corrected chi connectivity index (χ0v) is 23.9. The minimum absolute atomic E-state index is 0.0354. The molecule has 0 radical (unpaired) electrons. The highest BCUT2D eigenvalue weighted by atomic mass is 32.2. The molecule has 11 heteroatoms. The van der Waals surface area contributed by atoms with Crippen molar-refractivity contribution in [3.05, 3.63) is 101 Å². The van der Waals surface area contributed by atoms with Gasteiger partial charge in [0.2, 0.25) is 5.88 Å². The van der Waals surface area contributed by atoms with Crippen LogP contribution in [0.15, 0.2) is 88.9 Å². The molecule has 0 aliphatic heterocycles. The average Bonchev–Trinajstić information content (AvgIpc) is 3.26. The summed E-state index contributed by atoms with van der Waals surface area (Å²) in [6.45, 7) is 3.68. The van der Waals surface area contributed by atoms with Gasteiger partial charge < -0.3 is 15.5 Å². The minimum Gasteiger partial charge on any atom is -0.493 e. The second-order valence-electron chi connectivity index (χ2n) is 9.91. The van der Waals surface area contributed by atoms with Crippen LogP contribution in [-0.4, -0.2) is 45.8 Å². The van der Waals surface area contributed by atoms with Crippen LogP contribution in [0, 0.1) is 0 Å². The molecule has 0 bridgehead atoms. The molecular weight excluding hydrogens is 542 g/mol.